The maximum atomic E-state index is 9.74. The number of allylic oxidation sites excluding steroid dienone is 1. The molecule has 4 rings (SSSR count). The normalized spacial score (nSPS) is 11.0. The zero-order valence-electron chi connectivity index (χ0n) is 15.6. The van der Waals surface area contributed by atoms with Gasteiger partial charge in [0.2, 0.25) is 0 Å². The summed E-state index contributed by atoms with van der Waals surface area (Å²) in [6.45, 7) is 0. The molecule has 0 spiro atoms. The van der Waals surface area contributed by atoms with Crippen molar-refractivity contribution in [3.8, 4) is 11.8 Å². The lowest BCUT2D eigenvalue weighted by molar-refractivity contribution is 0.415. The molecule has 29 heavy (non-hydrogen) atoms. The third kappa shape index (κ3) is 4.62. The van der Waals surface area contributed by atoms with E-state index in [9.17, 15) is 5.26 Å². The molecule has 0 aliphatic carbocycles. The maximum Gasteiger partial charge on any atom is 0.149 e. The van der Waals surface area contributed by atoms with Crippen molar-refractivity contribution in [1.82, 2.24) is 9.97 Å². The van der Waals surface area contributed by atoms with Gasteiger partial charge >= 0.3 is 0 Å². The molecule has 0 saturated carbocycles. The number of aromatic amines is 1. The van der Waals surface area contributed by atoms with Crippen molar-refractivity contribution in [1.29, 1.82) is 5.26 Å². The van der Waals surface area contributed by atoms with Crippen LogP contribution in [0, 0.1) is 11.3 Å². The first kappa shape index (κ1) is 20.5. The van der Waals surface area contributed by atoms with Gasteiger partial charge in [0.25, 0.3) is 0 Å². The number of H-pyrrole nitrogens is 1. The number of ether oxygens (including phenoxy) is 1. The molecular formula is C23H18ClN3OS. The fourth-order valence-corrected chi connectivity index (χ4v) is 3.80. The summed E-state index contributed by atoms with van der Waals surface area (Å²) >= 11 is 1.67. The van der Waals surface area contributed by atoms with Crippen molar-refractivity contribution in [2.75, 3.05) is 7.11 Å². The lowest BCUT2D eigenvalue weighted by atomic mass is 10.1. The summed E-state index contributed by atoms with van der Waals surface area (Å²) in [6.07, 6.45) is 1.88. The number of imidazole rings is 1. The van der Waals surface area contributed by atoms with E-state index < -0.39 is 0 Å². The fraction of sp³-hybridized carbons (Fsp3) is 0.0435. The molecule has 0 unspecified atom stereocenters. The minimum atomic E-state index is 0. The zero-order chi connectivity index (χ0) is 19.3. The van der Waals surface area contributed by atoms with Crippen LogP contribution in [0.3, 0.4) is 0 Å². The number of hydrogen-bond acceptors (Lipinski definition) is 4. The van der Waals surface area contributed by atoms with Crippen molar-refractivity contribution >= 4 is 46.9 Å². The van der Waals surface area contributed by atoms with Crippen molar-refractivity contribution in [2.24, 2.45) is 0 Å². The summed E-state index contributed by atoms with van der Waals surface area (Å²) < 4.78 is 5.26. The molecule has 0 aliphatic heterocycles. The Morgan fingerprint density at radius 3 is 2.59 bits per heavy atom. The Kier molecular flexibility index (Phi) is 6.61. The van der Waals surface area contributed by atoms with Crippen LogP contribution in [0.25, 0.3) is 22.7 Å². The van der Waals surface area contributed by atoms with E-state index in [-0.39, 0.29) is 12.4 Å². The highest BCUT2D eigenvalue weighted by atomic mass is 35.5. The number of nitriles is 1. The number of benzene rings is 3. The monoisotopic (exact) mass is 419 g/mol. The highest BCUT2D eigenvalue weighted by molar-refractivity contribution is 7.99. The second-order valence-electron chi connectivity index (χ2n) is 6.09. The van der Waals surface area contributed by atoms with Gasteiger partial charge in [-0.15, -0.1) is 12.4 Å². The van der Waals surface area contributed by atoms with E-state index in [0.717, 1.165) is 32.1 Å². The Bertz CT molecular complexity index is 1200. The molecule has 1 aromatic heterocycles. The SMILES string of the molecule is COc1ccc2nc(/C(C#N)=C/c3ccccc3Sc3ccccc3)[nH]c2c1.Cl. The Morgan fingerprint density at radius 1 is 1.07 bits per heavy atom. The van der Waals surface area contributed by atoms with Gasteiger partial charge in [-0.25, -0.2) is 4.98 Å². The molecule has 144 valence electrons. The molecule has 0 aliphatic rings. The van der Waals surface area contributed by atoms with Gasteiger partial charge in [0, 0.05) is 15.9 Å². The average Bonchev–Trinajstić information content (AvgIpc) is 3.16. The van der Waals surface area contributed by atoms with E-state index >= 15 is 0 Å². The lowest BCUT2D eigenvalue weighted by Crippen LogP contribution is -1.86. The molecule has 0 atom stereocenters. The minimum Gasteiger partial charge on any atom is -0.497 e. The molecule has 6 heteroatoms. The van der Waals surface area contributed by atoms with Crippen molar-refractivity contribution in [3.63, 3.8) is 0 Å². The molecule has 1 N–H and O–H groups in total. The molecule has 0 radical (unpaired) electrons. The predicted molar refractivity (Wildman–Crippen MR) is 120 cm³/mol. The van der Waals surface area contributed by atoms with E-state index in [0.29, 0.717) is 11.4 Å². The van der Waals surface area contributed by atoms with Crippen molar-refractivity contribution in [3.05, 3.63) is 84.2 Å². The predicted octanol–water partition coefficient (Wildman–Crippen LogP) is 6.21. The largest absolute Gasteiger partial charge is 0.497 e. The van der Waals surface area contributed by atoms with Crippen molar-refractivity contribution < 1.29 is 4.74 Å². The first-order valence-corrected chi connectivity index (χ1v) is 9.56. The van der Waals surface area contributed by atoms with Crippen molar-refractivity contribution in [2.45, 2.75) is 9.79 Å². The molecule has 3 aromatic carbocycles. The highest BCUT2D eigenvalue weighted by Crippen LogP contribution is 2.32. The zero-order valence-corrected chi connectivity index (χ0v) is 17.3. The topological polar surface area (TPSA) is 61.7 Å². The quantitative estimate of drug-likeness (QED) is 0.390. The van der Waals surface area contributed by atoms with Crippen LogP contribution in [0.15, 0.2) is 82.6 Å². The molecule has 4 aromatic rings. The molecule has 0 bridgehead atoms. The molecule has 0 fully saturated rings. The molecular weight excluding hydrogens is 402 g/mol. The van der Waals surface area contributed by atoms with E-state index in [1.165, 1.54) is 0 Å². The molecule has 1 heterocycles. The summed E-state index contributed by atoms with van der Waals surface area (Å²) in [4.78, 5) is 10.0. The van der Waals surface area contributed by atoms with Crippen LogP contribution in [0.5, 0.6) is 5.75 Å². The van der Waals surface area contributed by atoms with E-state index in [1.54, 1.807) is 18.9 Å². The van der Waals surface area contributed by atoms with Crippen LogP contribution in [0.2, 0.25) is 0 Å². The number of hydrogen-bond donors (Lipinski definition) is 1. The van der Waals surface area contributed by atoms with Crippen LogP contribution in [0.1, 0.15) is 11.4 Å². The fourth-order valence-electron chi connectivity index (χ4n) is 2.86. The Balaban J connectivity index is 0.00000240. The number of halogens is 1. The van der Waals surface area contributed by atoms with E-state index in [2.05, 4.69) is 34.2 Å². The standard InChI is InChI=1S/C23H17N3OS.ClH/c1-27-18-11-12-20-21(14-18)26-23(25-20)17(15-24)13-16-7-5-6-10-22(16)28-19-8-3-2-4-9-19;/h2-14H,1H3,(H,25,26);1H/b17-13+;. The average molecular weight is 420 g/mol. The summed E-state index contributed by atoms with van der Waals surface area (Å²) in [5.41, 5.74) is 3.09. The summed E-state index contributed by atoms with van der Waals surface area (Å²) in [7, 11) is 1.63. The van der Waals surface area contributed by atoms with Crippen LogP contribution in [-0.4, -0.2) is 17.1 Å². The smallest absolute Gasteiger partial charge is 0.149 e. The Morgan fingerprint density at radius 2 is 1.83 bits per heavy atom. The number of fused-ring (bicyclic) bond motifs is 1. The number of aromatic nitrogens is 2. The minimum absolute atomic E-state index is 0. The molecule has 0 saturated heterocycles. The Labute approximate surface area is 179 Å². The van der Waals surface area contributed by atoms with Gasteiger partial charge in [-0.1, -0.05) is 48.2 Å². The summed E-state index contributed by atoms with van der Waals surface area (Å²) in [5, 5.41) is 9.74. The van der Waals surface area contributed by atoms with Crippen LogP contribution in [-0.2, 0) is 0 Å². The lowest BCUT2D eigenvalue weighted by Gasteiger charge is -2.06. The number of rotatable bonds is 5. The Hall–Kier alpha value is -3.20. The maximum absolute atomic E-state index is 9.74. The van der Waals surface area contributed by atoms with Gasteiger partial charge in [0.05, 0.1) is 23.7 Å². The third-order valence-electron chi connectivity index (χ3n) is 4.25. The van der Waals surface area contributed by atoms with Crippen LogP contribution >= 0.6 is 24.2 Å². The number of nitrogens with zero attached hydrogens (tertiary/aromatic N) is 2. The second kappa shape index (κ2) is 9.33. The first-order valence-electron chi connectivity index (χ1n) is 8.74. The van der Waals surface area contributed by atoms with Gasteiger partial charge in [-0.05, 0) is 42.0 Å². The van der Waals surface area contributed by atoms with Gasteiger partial charge in [-0.3, -0.25) is 0 Å². The number of nitrogens with one attached hydrogen (secondary N) is 1. The number of methoxy groups -OCH3 is 1. The van der Waals surface area contributed by atoms with Gasteiger partial charge in [0.1, 0.15) is 17.6 Å². The van der Waals surface area contributed by atoms with Gasteiger partial charge in [-0.2, -0.15) is 5.26 Å². The van der Waals surface area contributed by atoms with Gasteiger partial charge in [0.15, 0.2) is 0 Å². The van der Waals surface area contributed by atoms with E-state index in [1.807, 2.05) is 60.7 Å². The van der Waals surface area contributed by atoms with E-state index in [4.69, 9.17) is 4.74 Å². The molecule has 4 nitrogen and oxygen atoms in total. The highest BCUT2D eigenvalue weighted by Gasteiger charge is 2.10. The molecule has 0 amide bonds. The second-order valence-corrected chi connectivity index (χ2v) is 7.21. The third-order valence-corrected chi connectivity index (χ3v) is 5.35. The van der Waals surface area contributed by atoms with Crippen LogP contribution in [0.4, 0.5) is 0 Å². The summed E-state index contributed by atoms with van der Waals surface area (Å²) in [6, 6.07) is 26.1. The van der Waals surface area contributed by atoms with Gasteiger partial charge < -0.3 is 9.72 Å². The summed E-state index contributed by atoms with van der Waals surface area (Å²) in [5.74, 6) is 1.29. The first-order chi connectivity index (χ1) is 13.8. The van der Waals surface area contributed by atoms with Crippen LogP contribution < -0.4 is 4.74 Å².